The average molecular weight is 239 g/mol. The standard InChI is InChI=1S/C17H19O/c1-3-4-7-14-8-5-9-15(12-14)16-10-6-11-17(13-16)18-2/h5-6,8-10,12-13H,3-4,7H2,1-2H3. The van der Waals surface area contributed by atoms with Crippen LogP contribution in [-0.4, -0.2) is 7.11 Å². The lowest BCUT2D eigenvalue weighted by molar-refractivity contribution is 0.414. The summed E-state index contributed by atoms with van der Waals surface area (Å²) >= 11 is 0. The van der Waals surface area contributed by atoms with Crippen LogP contribution in [0.4, 0.5) is 0 Å². The van der Waals surface area contributed by atoms with E-state index in [0.29, 0.717) is 0 Å². The lowest BCUT2D eigenvalue weighted by Crippen LogP contribution is -1.87. The van der Waals surface area contributed by atoms with Crippen LogP contribution < -0.4 is 4.74 Å². The van der Waals surface area contributed by atoms with E-state index in [9.17, 15) is 0 Å². The van der Waals surface area contributed by atoms with E-state index >= 15 is 0 Å². The van der Waals surface area contributed by atoms with Gasteiger partial charge in [0.2, 0.25) is 0 Å². The number of ether oxygens (including phenoxy) is 1. The van der Waals surface area contributed by atoms with E-state index in [-0.39, 0.29) is 0 Å². The van der Waals surface area contributed by atoms with Crippen molar-refractivity contribution in [3.8, 4) is 16.9 Å². The molecule has 2 aromatic carbocycles. The van der Waals surface area contributed by atoms with Crippen LogP contribution in [0.1, 0.15) is 25.3 Å². The molecule has 2 rings (SSSR count). The molecule has 0 N–H and O–H groups in total. The molecule has 0 fully saturated rings. The summed E-state index contributed by atoms with van der Waals surface area (Å²) in [7, 11) is 1.67. The minimum atomic E-state index is 0.784. The van der Waals surface area contributed by atoms with Crippen molar-refractivity contribution in [3.05, 3.63) is 54.1 Å². The molecule has 0 spiro atoms. The lowest BCUT2D eigenvalue weighted by atomic mass is 10.0. The van der Waals surface area contributed by atoms with Gasteiger partial charge in [0.05, 0.1) is 7.11 Å². The highest BCUT2D eigenvalue weighted by Crippen LogP contribution is 2.24. The van der Waals surface area contributed by atoms with Crippen LogP contribution in [-0.2, 0) is 6.42 Å². The van der Waals surface area contributed by atoms with Crippen molar-refractivity contribution < 1.29 is 4.74 Å². The summed E-state index contributed by atoms with van der Waals surface area (Å²) in [6.45, 7) is 2.22. The molecular weight excluding hydrogens is 220 g/mol. The number of hydrogen-bond donors (Lipinski definition) is 0. The zero-order valence-corrected chi connectivity index (χ0v) is 11.1. The molecule has 18 heavy (non-hydrogen) atoms. The molecule has 1 radical (unpaired) electrons. The summed E-state index contributed by atoms with van der Waals surface area (Å²) in [5.41, 5.74) is 3.83. The first kappa shape index (κ1) is 12.7. The SMILES string of the molecule is CCCCc1cccc(-c2cc[c]c(OC)c2)c1. The molecule has 0 heterocycles. The highest BCUT2D eigenvalue weighted by molar-refractivity contribution is 5.65. The Morgan fingerprint density at radius 3 is 2.72 bits per heavy atom. The molecule has 0 aliphatic carbocycles. The van der Waals surface area contributed by atoms with Gasteiger partial charge in [-0.25, -0.2) is 0 Å². The van der Waals surface area contributed by atoms with Crippen molar-refractivity contribution in [3.63, 3.8) is 0 Å². The monoisotopic (exact) mass is 239 g/mol. The van der Waals surface area contributed by atoms with E-state index in [1.165, 1.54) is 29.5 Å². The summed E-state index contributed by atoms with van der Waals surface area (Å²) in [6, 6.07) is 17.8. The third-order valence-electron chi connectivity index (χ3n) is 3.07. The van der Waals surface area contributed by atoms with Gasteiger partial charge in [0.1, 0.15) is 5.75 Å². The van der Waals surface area contributed by atoms with E-state index in [4.69, 9.17) is 4.74 Å². The van der Waals surface area contributed by atoms with E-state index in [2.05, 4.69) is 43.3 Å². The van der Waals surface area contributed by atoms with Gasteiger partial charge in [0.25, 0.3) is 0 Å². The smallest absolute Gasteiger partial charge is 0.127 e. The van der Waals surface area contributed by atoms with Gasteiger partial charge in [-0.1, -0.05) is 43.7 Å². The molecule has 0 aliphatic heterocycles. The van der Waals surface area contributed by atoms with Crippen molar-refractivity contribution in [2.24, 2.45) is 0 Å². The molecule has 0 unspecified atom stereocenters. The summed E-state index contributed by atoms with van der Waals surface area (Å²) in [4.78, 5) is 0. The third kappa shape index (κ3) is 3.13. The zero-order valence-electron chi connectivity index (χ0n) is 11.1. The van der Waals surface area contributed by atoms with Crippen LogP contribution in [0.3, 0.4) is 0 Å². The van der Waals surface area contributed by atoms with Gasteiger partial charge in [-0.15, -0.1) is 0 Å². The van der Waals surface area contributed by atoms with Gasteiger partial charge in [-0.2, -0.15) is 0 Å². The quantitative estimate of drug-likeness (QED) is 0.746. The Kier molecular flexibility index (Phi) is 4.40. The predicted octanol–water partition coefficient (Wildman–Crippen LogP) is 4.50. The Hall–Kier alpha value is -1.76. The third-order valence-corrected chi connectivity index (χ3v) is 3.07. The van der Waals surface area contributed by atoms with Gasteiger partial charge >= 0.3 is 0 Å². The van der Waals surface area contributed by atoms with Crippen LogP contribution in [0, 0.1) is 6.07 Å². The van der Waals surface area contributed by atoms with Crippen LogP contribution in [0.15, 0.2) is 42.5 Å². The second-order valence-electron chi connectivity index (χ2n) is 4.45. The van der Waals surface area contributed by atoms with Crippen LogP contribution in [0.25, 0.3) is 11.1 Å². The topological polar surface area (TPSA) is 9.23 Å². The van der Waals surface area contributed by atoms with Gasteiger partial charge in [0, 0.05) is 6.07 Å². The molecule has 0 atom stereocenters. The van der Waals surface area contributed by atoms with Crippen molar-refractivity contribution in [2.75, 3.05) is 7.11 Å². The second-order valence-corrected chi connectivity index (χ2v) is 4.45. The Balaban J connectivity index is 2.26. The van der Waals surface area contributed by atoms with Crippen LogP contribution >= 0.6 is 0 Å². The maximum absolute atomic E-state index is 5.22. The maximum atomic E-state index is 5.22. The maximum Gasteiger partial charge on any atom is 0.127 e. The second kappa shape index (κ2) is 6.25. The van der Waals surface area contributed by atoms with Gasteiger partial charge in [-0.05, 0) is 41.7 Å². The molecule has 0 saturated heterocycles. The molecule has 2 aromatic rings. The van der Waals surface area contributed by atoms with Crippen LogP contribution in [0.2, 0.25) is 0 Å². The Morgan fingerprint density at radius 2 is 1.94 bits per heavy atom. The van der Waals surface area contributed by atoms with Gasteiger partial charge in [-0.3, -0.25) is 0 Å². The molecule has 0 bridgehead atoms. The van der Waals surface area contributed by atoms with E-state index in [1.54, 1.807) is 7.11 Å². The summed E-state index contributed by atoms with van der Waals surface area (Å²) in [6.07, 6.45) is 3.63. The average Bonchev–Trinajstić information content (AvgIpc) is 2.45. The first-order valence-corrected chi connectivity index (χ1v) is 6.48. The largest absolute Gasteiger partial charge is 0.496 e. The van der Waals surface area contributed by atoms with Crippen LogP contribution in [0.5, 0.6) is 5.75 Å². The highest BCUT2D eigenvalue weighted by atomic mass is 16.5. The molecule has 93 valence electrons. The van der Waals surface area contributed by atoms with E-state index in [0.717, 1.165) is 12.2 Å². The molecule has 1 heteroatoms. The number of benzene rings is 2. The Labute approximate surface area is 109 Å². The predicted molar refractivity (Wildman–Crippen MR) is 75.9 cm³/mol. The Bertz CT molecular complexity index is 502. The number of rotatable bonds is 5. The summed E-state index contributed by atoms with van der Waals surface area (Å²) < 4.78 is 5.22. The minimum Gasteiger partial charge on any atom is -0.496 e. The number of methoxy groups -OCH3 is 1. The van der Waals surface area contributed by atoms with Gasteiger partial charge < -0.3 is 4.74 Å². The van der Waals surface area contributed by atoms with E-state index in [1.807, 2.05) is 12.1 Å². The minimum absolute atomic E-state index is 0.784. The number of aryl methyl sites for hydroxylation is 1. The van der Waals surface area contributed by atoms with Crippen molar-refractivity contribution in [1.82, 2.24) is 0 Å². The normalized spacial score (nSPS) is 10.3. The molecular formula is C17H19O. The number of unbranched alkanes of at least 4 members (excludes halogenated alkanes) is 1. The van der Waals surface area contributed by atoms with Crippen molar-refractivity contribution in [1.29, 1.82) is 0 Å². The highest BCUT2D eigenvalue weighted by Gasteiger charge is 2.01. The zero-order chi connectivity index (χ0) is 12.8. The molecule has 0 amide bonds. The fourth-order valence-corrected chi connectivity index (χ4v) is 2.03. The molecule has 0 aromatic heterocycles. The first-order chi connectivity index (χ1) is 8.83. The Morgan fingerprint density at radius 1 is 1.11 bits per heavy atom. The molecule has 1 nitrogen and oxygen atoms in total. The molecule has 0 saturated carbocycles. The fraction of sp³-hybridized carbons (Fsp3) is 0.294. The van der Waals surface area contributed by atoms with Gasteiger partial charge in [0.15, 0.2) is 0 Å². The van der Waals surface area contributed by atoms with E-state index < -0.39 is 0 Å². The van der Waals surface area contributed by atoms with Crippen molar-refractivity contribution >= 4 is 0 Å². The summed E-state index contributed by atoms with van der Waals surface area (Å²) in [5.74, 6) is 0.784. The number of hydrogen-bond acceptors (Lipinski definition) is 1. The molecule has 0 aliphatic rings. The van der Waals surface area contributed by atoms with Crippen molar-refractivity contribution in [2.45, 2.75) is 26.2 Å². The summed E-state index contributed by atoms with van der Waals surface area (Å²) in [5, 5.41) is 0. The first-order valence-electron chi connectivity index (χ1n) is 6.48. The lowest BCUT2D eigenvalue weighted by Gasteiger charge is -2.07. The fourth-order valence-electron chi connectivity index (χ4n) is 2.03.